The maximum absolute atomic E-state index is 13.5. The molecule has 2 aliphatic rings. The summed E-state index contributed by atoms with van der Waals surface area (Å²) < 4.78 is 70.8. The SMILES string of the molecule is Cc1ccc(C2(CCC(=O)N3C(C)CCC3C)c3c(OS(=O)(=O)C(F)(F)F)cccc3-c3nccn32)cc1. The molecule has 0 spiro atoms. The number of fused-ring (bicyclic) bond motifs is 3. The first-order chi connectivity index (χ1) is 17.9. The molecule has 0 bridgehead atoms. The van der Waals surface area contributed by atoms with E-state index >= 15 is 0 Å². The fourth-order valence-electron chi connectivity index (χ4n) is 5.92. The zero-order chi connectivity index (χ0) is 27.5. The van der Waals surface area contributed by atoms with Crippen molar-refractivity contribution in [3.05, 3.63) is 71.5 Å². The van der Waals surface area contributed by atoms with E-state index in [4.69, 9.17) is 4.18 Å². The van der Waals surface area contributed by atoms with Crippen LogP contribution in [0.2, 0.25) is 0 Å². The number of hydrogen-bond acceptors (Lipinski definition) is 5. The Morgan fingerprint density at radius 3 is 2.39 bits per heavy atom. The van der Waals surface area contributed by atoms with Gasteiger partial charge in [-0.1, -0.05) is 42.0 Å². The van der Waals surface area contributed by atoms with E-state index in [0.717, 1.165) is 18.4 Å². The van der Waals surface area contributed by atoms with E-state index < -0.39 is 26.9 Å². The molecule has 5 rings (SSSR count). The first-order valence-corrected chi connectivity index (χ1v) is 13.8. The molecular formula is C27H28F3N3O4S. The summed E-state index contributed by atoms with van der Waals surface area (Å²) in [5.41, 5.74) is -4.51. The zero-order valence-electron chi connectivity index (χ0n) is 21.2. The van der Waals surface area contributed by atoms with Gasteiger partial charge in [-0.05, 0) is 51.7 Å². The maximum atomic E-state index is 13.5. The summed E-state index contributed by atoms with van der Waals surface area (Å²) in [5.74, 6) is -0.0579. The van der Waals surface area contributed by atoms with E-state index in [1.807, 2.05) is 49.9 Å². The number of aromatic nitrogens is 2. The van der Waals surface area contributed by atoms with Gasteiger partial charge in [-0.3, -0.25) is 4.79 Å². The second kappa shape index (κ2) is 9.14. The lowest BCUT2D eigenvalue weighted by molar-refractivity contribution is -0.133. The smallest absolute Gasteiger partial charge is 0.376 e. The molecule has 1 fully saturated rings. The molecule has 1 saturated heterocycles. The van der Waals surface area contributed by atoms with Crippen LogP contribution in [0, 0.1) is 6.92 Å². The van der Waals surface area contributed by atoms with Gasteiger partial charge in [0.15, 0.2) is 0 Å². The summed E-state index contributed by atoms with van der Waals surface area (Å²) in [5, 5.41) is 0. The highest BCUT2D eigenvalue weighted by atomic mass is 32.2. The highest BCUT2D eigenvalue weighted by Gasteiger charge is 2.52. The van der Waals surface area contributed by atoms with Crippen molar-refractivity contribution >= 4 is 16.0 Å². The zero-order valence-corrected chi connectivity index (χ0v) is 22.0. The van der Waals surface area contributed by atoms with Crippen LogP contribution in [0.15, 0.2) is 54.9 Å². The average molecular weight is 548 g/mol. The van der Waals surface area contributed by atoms with Crippen LogP contribution in [0.25, 0.3) is 11.4 Å². The van der Waals surface area contributed by atoms with Crippen LogP contribution in [0.5, 0.6) is 5.75 Å². The summed E-state index contributed by atoms with van der Waals surface area (Å²) in [7, 11) is -5.95. The molecule has 0 saturated carbocycles. The summed E-state index contributed by atoms with van der Waals surface area (Å²) in [6.07, 6.45) is 5.32. The molecule has 3 aromatic rings. The minimum absolute atomic E-state index is 0.0644. The fraction of sp³-hybridized carbons (Fsp3) is 0.407. The number of aryl methyl sites for hydroxylation is 1. The molecule has 0 radical (unpaired) electrons. The van der Waals surface area contributed by atoms with Gasteiger partial charge in [0.05, 0.1) is 0 Å². The number of carbonyl (C=O) groups is 1. The number of amides is 1. The quantitative estimate of drug-likeness (QED) is 0.306. The van der Waals surface area contributed by atoms with Crippen LogP contribution in [0.1, 0.15) is 56.2 Å². The van der Waals surface area contributed by atoms with E-state index in [-0.39, 0.29) is 36.4 Å². The Bertz CT molecular complexity index is 1470. The Hall–Kier alpha value is -3.34. The maximum Gasteiger partial charge on any atom is 0.534 e. The lowest BCUT2D eigenvalue weighted by Gasteiger charge is -2.35. The van der Waals surface area contributed by atoms with E-state index in [9.17, 15) is 26.4 Å². The molecule has 0 aliphatic carbocycles. The molecule has 3 heterocycles. The third kappa shape index (κ3) is 4.07. The van der Waals surface area contributed by atoms with E-state index in [1.54, 1.807) is 23.0 Å². The molecular weight excluding hydrogens is 519 g/mol. The van der Waals surface area contributed by atoms with Crippen molar-refractivity contribution in [3.8, 4) is 17.1 Å². The normalized spacial score (nSPS) is 22.8. The van der Waals surface area contributed by atoms with Crippen molar-refractivity contribution in [2.45, 2.75) is 69.6 Å². The third-order valence-electron chi connectivity index (χ3n) is 7.69. The van der Waals surface area contributed by atoms with Crippen molar-refractivity contribution in [1.29, 1.82) is 0 Å². The second-order valence-electron chi connectivity index (χ2n) is 10.1. The predicted octanol–water partition coefficient (Wildman–Crippen LogP) is 5.37. The van der Waals surface area contributed by atoms with Gasteiger partial charge >= 0.3 is 15.6 Å². The van der Waals surface area contributed by atoms with Gasteiger partial charge in [0.25, 0.3) is 0 Å². The molecule has 1 aromatic heterocycles. The van der Waals surface area contributed by atoms with Crippen LogP contribution < -0.4 is 4.18 Å². The lowest BCUT2D eigenvalue weighted by Crippen LogP contribution is -2.41. The number of alkyl halides is 3. The average Bonchev–Trinajstić information content (AvgIpc) is 3.52. The van der Waals surface area contributed by atoms with Gasteiger partial charge in [-0.2, -0.15) is 21.6 Å². The minimum Gasteiger partial charge on any atom is -0.376 e. The standard InChI is InChI=1S/C27H28F3N3O4S/c1-17-7-11-20(12-8-17)26(14-13-23(34)33-18(2)9-10-19(33)3)24-21(25-31-15-16-32(25)26)5-4-6-22(24)37-38(35,36)27(28,29)30/h4-8,11-12,15-16,18-19H,9-10,13-14H2,1-3H3. The Morgan fingerprint density at radius 1 is 1.11 bits per heavy atom. The topological polar surface area (TPSA) is 81.5 Å². The van der Waals surface area contributed by atoms with Gasteiger partial charge in [0.2, 0.25) is 5.91 Å². The Balaban J connectivity index is 1.69. The number of halogens is 3. The molecule has 7 nitrogen and oxygen atoms in total. The van der Waals surface area contributed by atoms with Crippen LogP contribution in [-0.4, -0.2) is 46.4 Å². The third-order valence-corrected chi connectivity index (χ3v) is 8.65. The first-order valence-electron chi connectivity index (χ1n) is 12.4. The van der Waals surface area contributed by atoms with Crippen molar-refractivity contribution in [3.63, 3.8) is 0 Å². The van der Waals surface area contributed by atoms with E-state index in [2.05, 4.69) is 4.98 Å². The fourth-order valence-corrected chi connectivity index (χ4v) is 6.39. The van der Waals surface area contributed by atoms with Gasteiger partial charge in [-0.15, -0.1) is 0 Å². The largest absolute Gasteiger partial charge is 0.534 e. The highest BCUT2D eigenvalue weighted by molar-refractivity contribution is 7.88. The number of imidazole rings is 1. The number of hydrogen-bond donors (Lipinski definition) is 0. The number of carbonyl (C=O) groups excluding carboxylic acids is 1. The summed E-state index contributed by atoms with van der Waals surface area (Å²) >= 11 is 0. The highest BCUT2D eigenvalue weighted by Crippen LogP contribution is 2.53. The molecule has 11 heteroatoms. The number of benzene rings is 2. The number of rotatable bonds is 6. The predicted molar refractivity (Wildman–Crippen MR) is 135 cm³/mol. The molecule has 1 amide bonds. The Morgan fingerprint density at radius 2 is 1.76 bits per heavy atom. The molecule has 202 valence electrons. The second-order valence-corrected chi connectivity index (χ2v) is 11.6. The van der Waals surface area contributed by atoms with Crippen LogP contribution in [0.3, 0.4) is 0 Å². The van der Waals surface area contributed by atoms with E-state index in [0.29, 0.717) is 17.0 Å². The van der Waals surface area contributed by atoms with Gasteiger partial charge < -0.3 is 13.7 Å². The van der Waals surface area contributed by atoms with Crippen LogP contribution in [0.4, 0.5) is 13.2 Å². The summed E-state index contributed by atoms with van der Waals surface area (Å²) in [4.78, 5) is 19.8. The summed E-state index contributed by atoms with van der Waals surface area (Å²) in [6, 6.07) is 11.9. The van der Waals surface area contributed by atoms with Crippen molar-refractivity contribution in [1.82, 2.24) is 14.5 Å². The first kappa shape index (κ1) is 26.3. The van der Waals surface area contributed by atoms with Gasteiger partial charge in [0, 0.05) is 42.0 Å². The van der Waals surface area contributed by atoms with Crippen LogP contribution in [-0.2, 0) is 20.5 Å². The van der Waals surface area contributed by atoms with Crippen molar-refractivity contribution in [2.75, 3.05) is 0 Å². The van der Waals surface area contributed by atoms with Crippen LogP contribution >= 0.6 is 0 Å². The van der Waals surface area contributed by atoms with Crippen molar-refractivity contribution < 1.29 is 30.6 Å². The Labute approximate surface area is 219 Å². The number of likely N-dealkylation sites (tertiary alicyclic amines) is 1. The monoisotopic (exact) mass is 547 g/mol. The number of nitrogens with zero attached hydrogens (tertiary/aromatic N) is 3. The molecule has 38 heavy (non-hydrogen) atoms. The molecule has 2 aliphatic heterocycles. The minimum atomic E-state index is -5.95. The Kier molecular flexibility index (Phi) is 6.32. The molecule has 3 unspecified atom stereocenters. The molecule has 2 aromatic carbocycles. The van der Waals surface area contributed by atoms with Gasteiger partial charge in [0.1, 0.15) is 17.1 Å². The molecule has 0 N–H and O–H groups in total. The van der Waals surface area contributed by atoms with Crippen molar-refractivity contribution in [2.24, 2.45) is 0 Å². The molecule has 3 atom stereocenters. The van der Waals surface area contributed by atoms with Gasteiger partial charge in [-0.25, -0.2) is 4.98 Å². The summed E-state index contributed by atoms with van der Waals surface area (Å²) in [6.45, 7) is 5.92. The lowest BCUT2D eigenvalue weighted by atomic mass is 9.78. The van der Waals surface area contributed by atoms with E-state index in [1.165, 1.54) is 12.1 Å².